The molecule has 0 amide bonds. The van der Waals surface area contributed by atoms with Crippen molar-refractivity contribution in [1.29, 1.82) is 0 Å². The highest BCUT2D eigenvalue weighted by molar-refractivity contribution is 9.11. The van der Waals surface area contributed by atoms with E-state index in [-0.39, 0.29) is 18.1 Å². The number of Topliss-reactive ketones (excluding diaryl/α,β-unsaturated/α-hetero) is 1. The standard InChI is InChI=1S/C14H9BrFNOS/c15-14-4-3-13(19-14)12(18)8-17-6-5-9-1-2-10(16)7-11(9)17/h1-7H,8H2. The lowest BCUT2D eigenvalue weighted by Crippen LogP contribution is -2.07. The third-order valence-electron chi connectivity index (χ3n) is 2.90. The fourth-order valence-electron chi connectivity index (χ4n) is 1.99. The summed E-state index contributed by atoms with van der Waals surface area (Å²) in [4.78, 5) is 12.8. The fraction of sp³-hybridized carbons (Fsp3) is 0.0714. The first-order valence-corrected chi connectivity index (χ1v) is 7.27. The van der Waals surface area contributed by atoms with E-state index in [1.807, 2.05) is 18.3 Å². The van der Waals surface area contributed by atoms with E-state index >= 15 is 0 Å². The second-order valence-corrected chi connectivity index (χ2v) is 6.64. The van der Waals surface area contributed by atoms with Crippen molar-refractivity contribution in [3.05, 3.63) is 57.1 Å². The molecule has 0 N–H and O–H groups in total. The van der Waals surface area contributed by atoms with Crippen LogP contribution >= 0.6 is 27.3 Å². The first kappa shape index (κ1) is 12.6. The number of benzene rings is 1. The van der Waals surface area contributed by atoms with Crippen LogP contribution in [0.2, 0.25) is 0 Å². The topological polar surface area (TPSA) is 22.0 Å². The molecule has 3 aromatic rings. The predicted molar refractivity (Wildman–Crippen MR) is 78.2 cm³/mol. The highest BCUT2D eigenvalue weighted by atomic mass is 79.9. The Hall–Kier alpha value is -1.46. The van der Waals surface area contributed by atoms with Crippen molar-refractivity contribution in [2.75, 3.05) is 0 Å². The van der Waals surface area contributed by atoms with Gasteiger partial charge in [-0.25, -0.2) is 4.39 Å². The van der Waals surface area contributed by atoms with Crippen LogP contribution in [0.3, 0.4) is 0 Å². The molecule has 1 aromatic carbocycles. The van der Waals surface area contributed by atoms with Crippen molar-refractivity contribution >= 4 is 44.0 Å². The van der Waals surface area contributed by atoms with E-state index in [1.165, 1.54) is 23.5 Å². The normalized spacial score (nSPS) is 11.1. The summed E-state index contributed by atoms with van der Waals surface area (Å²) in [5.41, 5.74) is 0.740. The van der Waals surface area contributed by atoms with Gasteiger partial charge in [-0.1, -0.05) is 0 Å². The van der Waals surface area contributed by atoms with Crippen LogP contribution in [-0.4, -0.2) is 10.4 Å². The zero-order valence-electron chi connectivity index (χ0n) is 9.77. The molecule has 0 aliphatic carbocycles. The van der Waals surface area contributed by atoms with Crippen molar-refractivity contribution in [3.8, 4) is 0 Å². The Morgan fingerprint density at radius 2 is 2.11 bits per heavy atom. The Kier molecular flexibility index (Phi) is 3.24. The molecule has 0 bridgehead atoms. The van der Waals surface area contributed by atoms with Crippen LogP contribution < -0.4 is 0 Å². The molecule has 0 atom stereocenters. The number of ketones is 1. The highest BCUT2D eigenvalue weighted by Gasteiger charge is 2.11. The number of rotatable bonds is 3. The lowest BCUT2D eigenvalue weighted by Gasteiger charge is -2.03. The minimum Gasteiger partial charge on any atom is -0.340 e. The summed E-state index contributed by atoms with van der Waals surface area (Å²) in [5, 5.41) is 0.932. The Morgan fingerprint density at radius 1 is 1.26 bits per heavy atom. The molecular weight excluding hydrogens is 329 g/mol. The highest BCUT2D eigenvalue weighted by Crippen LogP contribution is 2.24. The van der Waals surface area contributed by atoms with E-state index in [2.05, 4.69) is 15.9 Å². The number of aromatic nitrogens is 1. The molecule has 5 heteroatoms. The van der Waals surface area contributed by atoms with Gasteiger partial charge in [0.15, 0.2) is 5.78 Å². The van der Waals surface area contributed by atoms with Crippen LogP contribution in [0, 0.1) is 5.82 Å². The molecule has 2 aromatic heterocycles. The lowest BCUT2D eigenvalue weighted by atomic mass is 10.2. The molecule has 0 saturated heterocycles. The number of nitrogens with zero attached hydrogens (tertiary/aromatic N) is 1. The number of carbonyl (C=O) groups excluding carboxylic acids is 1. The van der Waals surface area contributed by atoms with Gasteiger partial charge in [-0.3, -0.25) is 4.79 Å². The van der Waals surface area contributed by atoms with Gasteiger partial charge >= 0.3 is 0 Å². The van der Waals surface area contributed by atoms with Crippen molar-refractivity contribution in [1.82, 2.24) is 4.57 Å². The minimum absolute atomic E-state index is 0.0254. The van der Waals surface area contributed by atoms with Crippen LogP contribution in [0.5, 0.6) is 0 Å². The number of halogens is 2. The number of thiophene rings is 1. The zero-order valence-corrected chi connectivity index (χ0v) is 12.2. The Labute approximate surface area is 121 Å². The molecule has 0 radical (unpaired) electrons. The van der Waals surface area contributed by atoms with Crippen molar-refractivity contribution < 1.29 is 9.18 Å². The molecule has 0 fully saturated rings. The van der Waals surface area contributed by atoms with Crippen LogP contribution in [0.25, 0.3) is 10.9 Å². The maximum atomic E-state index is 13.3. The minimum atomic E-state index is -0.293. The second-order valence-electron chi connectivity index (χ2n) is 4.17. The summed E-state index contributed by atoms with van der Waals surface area (Å²) in [6.07, 6.45) is 1.81. The predicted octanol–water partition coefficient (Wildman–Crippen LogP) is 4.49. The molecule has 0 saturated carbocycles. The van der Waals surface area contributed by atoms with Gasteiger partial charge in [0.1, 0.15) is 5.82 Å². The van der Waals surface area contributed by atoms with Gasteiger partial charge in [-0.2, -0.15) is 0 Å². The van der Waals surface area contributed by atoms with Crippen LogP contribution in [-0.2, 0) is 6.54 Å². The summed E-state index contributed by atoms with van der Waals surface area (Å²) in [7, 11) is 0. The summed E-state index contributed by atoms with van der Waals surface area (Å²) in [5.74, 6) is -0.267. The molecular formula is C14H9BrFNOS. The quantitative estimate of drug-likeness (QED) is 0.645. The number of hydrogen-bond acceptors (Lipinski definition) is 2. The van der Waals surface area contributed by atoms with Gasteiger partial charge in [0.2, 0.25) is 0 Å². The average molecular weight is 338 g/mol. The SMILES string of the molecule is O=C(Cn1ccc2ccc(F)cc21)c1ccc(Br)s1. The van der Waals surface area contributed by atoms with E-state index < -0.39 is 0 Å². The van der Waals surface area contributed by atoms with Gasteiger partial charge < -0.3 is 4.57 Å². The molecule has 19 heavy (non-hydrogen) atoms. The maximum absolute atomic E-state index is 13.3. The number of fused-ring (bicyclic) bond motifs is 1. The monoisotopic (exact) mass is 337 g/mol. The zero-order chi connectivity index (χ0) is 13.4. The summed E-state index contributed by atoms with van der Waals surface area (Å²) in [6.45, 7) is 0.222. The summed E-state index contributed by atoms with van der Waals surface area (Å²) < 4.78 is 16.0. The van der Waals surface area contributed by atoms with Gasteiger partial charge in [0.25, 0.3) is 0 Å². The van der Waals surface area contributed by atoms with Crippen LogP contribution in [0.15, 0.2) is 46.4 Å². The van der Waals surface area contributed by atoms with Crippen LogP contribution in [0.1, 0.15) is 9.67 Å². The number of hydrogen-bond donors (Lipinski definition) is 0. The lowest BCUT2D eigenvalue weighted by molar-refractivity contribution is 0.0977. The van der Waals surface area contributed by atoms with Gasteiger partial charge in [0.05, 0.1) is 20.7 Å². The summed E-state index contributed by atoms with van der Waals surface area (Å²) in [6, 6.07) is 10.1. The molecule has 0 unspecified atom stereocenters. The van der Waals surface area contributed by atoms with Gasteiger partial charge in [-0.05, 0) is 57.7 Å². The first-order chi connectivity index (χ1) is 9.13. The van der Waals surface area contributed by atoms with E-state index in [9.17, 15) is 9.18 Å². The number of carbonyl (C=O) groups is 1. The van der Waals surface area contributed by atoms with Crippen molar-refractivity contribution in [3.63, 3.8) is 0 Å². The van der Waals surface area contributed by atoms with Crippen molar-refractivity contribution in [2.24, 2.45) is 0 Å². The molecule has 96 valence electrons. The van der Waals surface area contributed by atoms with E-state index in [4.69, 9.17) is 0 Å². The second kappa shape index (κ2) is 4.90. The van der Waals surface area contributed by atoms with E-state index in [0.29, 0.717) is 4.88 Å². The van der Waals surface area contributed by atoms with Gasteiger partial charge in [-0.15, -0.1) is 11.3 Å². The summed E-state index contributed by atoms with van der Waals surface area (Å²) >= 11 is 4.74. The van der Waals surface area contributed by atoms with Crippen LogP contribution in [0.4, 0.5) is 4.39 Å². The molecule has 0 aliphatic heterocycles. The third kappa shape index (κ3) is 2.48. The molecule has 0 spiro atoms. The largest absolute Gasteiger partial charge is 0.340 e. The molecule has 3 rings (SSSR count). The van der Waals surface area contributed by atoms with Crippen molar-refractivity contribution in [2.45, 2.75) is 6.54 Å². The molecule has 2 nitrogen and oxygen atoms in total. The van der Waals surface area contributed by atoms with E-state index in [1.54, 1.807) is 16.7 Å². The first-order valence-electron chi connectivity index (χ1n) is 5.66. The fourth-order valence-corrected chi connectivity index (χ4v) is 3.31. The smallest absolute Gasteiger partial charge is 0.192 e. The molecule has 0 aliphatic rings. The Bertz CT molecular complexity index is 762. The third-order valence-corrected chi connectivity index (χ3v) is 4.56. The Balaban J connectivity index is 1.93. The van der Waals surface area contributed by atoms with Gasteiger partial charge in [0, 0.05) is 6.20 Å². The average Bonchev–Trinajstić information content (AvgIpc) is 2.97. The maximum Gasteiger partial charge on any atom is 0.192 e. The Morgan fingerprint density at radius 3 is 2.84 bits per heavy atom. The molecule has 2 heterocycles. The van der Waals surface area contributed by atoms with E-state index in [0.717, 1.165) is 14.7 Å².